The number of sulfone groups is 1. The highest BCUT2D eigenvalue weighted by atomic mass is 32.2. The predicted molar refractivity (Wildman–Crippen MR) is 66.8 cm³/mol. The van der Waals surface area contributed by atoms with Gasteiger partial charge in [0.2, 0.25) is 0 Å². The Balaban J connectivity index is 0.00000106. The number of ether oxygens (including phenoxy) is 1. The van der Waals surface area contributed by atoms with Crippen LogP contribution in [0.2, 0.25) is 0 Å². The lowest BCUT2D eigenvalue weighted by Crippen LogP contribution is -2.02. The van der Waals surface area contributed by atoms with E-state index in [0.29, 0.717) is 17.1 Å². The number of rotatable bonds is 3. The smallest absolute Gasteiger partial charge is 0.175 e. The molecule has 0 saturated carbocycles. The van der Waals surface area contributed by atoms with Crippen molar-refractivity contribution in [3.63, 3.8) is 0 Å². The average Bonchev–Trinajstić information content (AvgIpc) is 2.29. The molecule has 4 heteroatoms. The molecule has 0 radical (unpaired) electrons. The fourth-order valence-electron chi connectivity index (χ4n) is 1.30. The molecular weight excluding hydrogens is 224 g/mol. The van der Waals surface area contributed by atoms with E-state index >= 15 is 0 Å². The minimum Gasteiger partial charge on any atom is -0.497 e. The molecule has 3 nitrogen and oxygen atoms in total. The number of benzene rings is 1. The monoisotopic (exact) mass is 244 g/mol. The van der Waals surface area contributed by atoms with Gasteiger partial charge in [0.15, 0.2) is 9.84 Å². The molecule has 0 atom stereocenters. The van der Waals surface area contributed by atoms with Crippen LogP contribution in [0.1, 0.15) is 26.3 Å². The van der Waals surface area contributed by atoms with E-state index in [9.17, 15) is 8.42 Å². The van der Waals surface area contributed by atoms with Crippen LogP contribution in [0.25, 0.3) is 0 Å². The van der Waals surface area contributed by atoms with Crippen LogP contribution in [0.15, 0.2) is 23.1 Å². The highest BCUT2D eigenvalue weighted by molar-refractivity contribution is 7.90. The molecular formula is C12H20O3S. The lowest BCUT2D eigenvalue weighted by molar-refractivity contribution is 0.413. The zero-order chi connectivity index (χ0) is 12.8. The van der Waals surface area contributed by atoms with E-state index in [2.05, 4.69) is 0 Å². The van der Waals surface area contributed by atoms with Crippen molar-refractivity contribution in [2.24, 2.45) is 0 Å². The van der Waals surface area contributed by atoms with Gasteiger partial charge in [0.05, 0.1) is 12.0 Å². The summed E-state index contributed by atoms with van der Waals surface area (Å²) in [6.07, 6.45) is 1.91. The topological polar surface area (TPSA) is 43.4 Å². The first kappa shape index (κ1) is 15.0. The zero-order valence-electron chi connectivity index (χ0n) is 10.6. The molecule has 0 aliphatic rings. The van der Waals surface area contributed by atoms with Gasteiger partial charge in [-0.2, -0.15) is 0 Å². The second-order valence-electron chi connectivity index (χ2n) is 3.10. The third-order valence-electron chi connectivity index (χ3n) is 2.05. The van der Waals surface area contributed by atoms with E-state index in [1.807, 2.05) is 20.8 Å². The summed E-state index contributed by atoms with van der Waals surface area (Å²) in [5, 5.41) is 0. The van der Waals surface area contributed by atoms with E-state index in [-0.39, 0.29) is 0 Å². The Morgan fingerprint density at radius 3 is 2.19 bits per heavy atom. The molecule has 0 bridgehead atoms. The summed E-state index contributed by atoms with van der Waals surface area (Å²) in [7, 11) is -1.64. The number of hydrogen-bond donors (Lipinski definition) is 0. The van der Waals surface area contributed by atoms with E-state index < -0.39 is 9.84 Å². The molecule has 0 spiro atoms. The van der Waals surface area contributed by atoms with E-state index in [1.165, 1.54) is 13.4 Å². The summed E-state index contributed by atoms with van der Waals surface area (Å²) in [6, 6.07) is 5.12. The molecule has 1 rings (SSSR count). The molecule has 0 amide bonds. The molecule has 0 heterocycles. The normalized spacial score (nSPS) is 10.3. The lowest BCUT2D eigenvalue weighted by atomic mass is 10.2. The minimum absolute atomic E-state index is 0.361. The third-order valence-corrected chi connectivity index (χ3v) is 3.23. The van der Waals surface area contributed by atoms with Gasteiger partial charge in [-0.1, -0.05) is 26.8 Å². The van der Waals surface area contributed by atoms with Crippen molar-refractivity contribution in [1.29, 1.82) is 0 Å². The molecule has 16 heavy (non-hydrogen) atoms. The minimum atomic E-state index is -3.16. The Kier molecular flexibility index (Phi) is 6.11. The van der Waals surface area contributed by atoms with Crippen molar-refractivity contribution in [3.05, 3.63) is 23.8 Å². The molecule has 0 fully saturated rings. The highest BCUT2D eigenvalue weighted by Gasteiger charge is 2.12. The SMILES string of the molecule is CC.CCc1ccc(OC)cc1S(C)(=O)=O. The second kappa shape index (κ2) is 6.53. The van der Waals surface area contributed by atoms with Crippen LogP contribution in [0.3, 0.4) is 0 Å². The molecule has 0 unspecified atom stereocenters. The fourth-order valence-corrected chi connectivity index (χ4v) is 2.32. The summed E-state index contributed by atoms with van der Waals surface area (Å²) in [4.78, 5) is 0.361. The van der Waals surface area contributed by atoms with Gasteiger partial charge in [-0.15, -0.1) is 0 Å². The first-order chi connectivity index (χ1) is 7.49. The average molecular weight is 244 g/mol. The number of methoxy groups -OCH3 is 1. The molecule has 0 saturated heterocycles. The van der Waals surface area contributed by atoms with Gasteiger partial charge < -0.3 is 4.74 Å². The summed E-state index contributed by atoms with van der Waals surface area (Å²) >= 11 is 0. The van der Waals surface area contributed by atoms with Crippen LogP contribution < -0.4 is 4.74 Å². The zero-order valence-corrected chi connectivity index (χ0v) is 11.4. The first-order valence-corrected chi connectivity index (χ1v) is 7.25. The lowest BCUT2D eigenvalue weighted by Gasteiger charge is -2.07. The Labute approximate surface area is 98.4 Å². The second-order valence-corrected chi connectivity index (χ2v) is 5.08. The van der Waals surface area contributed by atoms with E-state index in [1.54, 1.807) is 18.2 Å². The number of aryl methyl sites for hydroxylation is 1. The van der Waals surface area contributed by atoms with Crippen LogP contribution >= 0.6 is 0 Å². The van der Waals surface area contributed by atoms with Gasteiger partial charge in [0.1, 0.15) is 5.75 Å². The Morgan fingerprint density at radius 2 is 1.81 bits per heavy atom. The van der Waals surface area contributed by atoms with Gasteiger partial charge in [-0.05, 0) is 24.1 Å². The Hall–Kier alpha value is -1.03. The van der Waals surface area contributed by atoms with Crippen LogP contribution in [-0.2, 0) is 16.3 Å². The largest absolute Gasteiger partial charge is 0.497 e. The van der Waals surface area contributed by atoms with Gasteiger partial charge in [0.25, 0.3) is 0 Å². The maximum absolute atomic E-state index is 11.4. The van der Waals surface area contributed by atoms with Crippen molar-refractivity contribution < 1.29 is 13.2 Å². The Morgan fingerprint density at radius 1 is 1.25 bits per heavy atom. The Bertz CT molecular complexity index is 422. The van der Waals surface area contributed by atoms with Gasteiger partial charge in [0, 0.05) is 6.26 Å². The quantitative estimate of drug-likeness (QED) is 0.821. The van der Waals surface area contributed by atoms with Crippen molar-refractivity contribution in [2.75, 3.05) is 13.4 Å². The predicted octanol–water partition coefficient (Wildman–Crippen LogP) is 2.69. The van der Waals surface area contributed by atoms with E-state index in [0.717, 1.165) is 5.56 Å². The molecule has 1 aromatic rings. The van der Waals surface area contributed by atoms with Crippen LogP contribution in [0, 0.1) is 0 Å². The summed E-state index contributed by atoms with van der Waals surface area (Å²) in [5.74, 6) is 0.572. The molecule has 1 aromatic carbocycles. The van der Waals surface area contributed by atoms with Crippen LogP contribution in [-0.4, -0.2) is 21.8 Å². The van der Waals surface area contributed by atoms with Gasteiger partial charge in [-0.3, -0.25) is 0 Å². The molecule has 0 aliphatic carbocycles. The van der Waals surface area contributed by atoms with Crippen molar-refractivity contribution in [2.45, 2.75) is 32.1 Å². The van der Waals surface area contributed by atoms with Crippen molar-refractivity contribution in [1.82, 2.24) is 0 Å². The van der Waals surface area contributed by atoms with Crippen molar-refractivity contribution in [3.8, 4) is 5.75 Å². The van der Waals surface area contributed by atoms with Crippen LogP contribution in [0.4, 0.5) is 0 Å². The molecule has 0 aromatic heterocycles. The number of hydrogen-bond acceptors (Lipinski definition) is 3. The van der Waals surface area contributed by atoms with Crippen LogP contribution in [0.5, 0.6) is 5.75 Å². The molecule has 92 valence electrons. The third kappa shape index (κ3) is 3.85. The summed E-state index contributed by atoms with van der Waals surface area (Å²) in [6.45, 7) is 5.93. The van der Waals surface area contributed by atoms with E-state index in [4.69, 9.17) is 4.74 Å². The maximum Gasteiger partial charge on any atom is 0.175 e. The summed E-state index contributed by atoms with van der Waals surface area (Å²) in [5.41, 5.74) is 0.827. The standard InChI is InChI=1S/C10H14O3S.C2H6/c1-4-8-5-6-9(13-2)7-10(8)14(3,11)12;1-2/h5-7H,4H2,1-3H3;1-2H3. The summed E-state index contributed by atoms with van der Waals surface area (Å²) < 4.78 is 27.8. The first-order valence-electron chi connectivity index (χ1n) is 5.36. The molecule has 0 N–H and O–H groups in total. The maximum atomic E-state index is 11.4. The van der Waals surface area contributed by atoms with Gasteiger partial charge >= 0.3 is 0 Å². The molecule has 0 aliphatic heterocycles. The van der Waals surface area contributed by atoms with Gasteiger partial charge in [-0.25, -0.2) is 8.42 Å². The fraction of sp³-hybridized carbons (Fsp3) is 0.500. The highest BCUT2D eigenvalue weighted by Crippen LogP contribution is 2.22. The van der Waals surface area contributed by atoms with Crippen molar-refractivity contribution >= 4 is 9.84 Å².